The van der Waals surface area contributed by atoms with E-state index < -0.39 is 0 Å². The fourth-order valence-electron chi connectivity index (χ4n) is 1.74. The van der Waals surface area contributed by atoms with Crippen LogP contribution in [0.25, 0.3) is 0 Å². The molecule has 1 aromatic rings. The van der Waals surface area contributed by atoms with Crippen molar-refractivity contribution in [2.24, 2.45) is 7.05 Å². The molecule has 84 valence electrons. The second kappa shape index (κ2) is 4.74. The number of aliphatic hydroxyl groups excluding tert-OH is 1. The molecule has 0 saturated carbocycles. The Hall–Kier alpha value is -0.910. The molecule has 0 radical (unpaired) electrons. The van der Waals surface area contributed by atoms with E-state index in [9.17, 15) is 5.11 Å². The first kappa shape index (κ1) is 10.6. The van der Waals surface area contributed by atoms with Crippen molar-refractivity contribution >= 4 is 0 Å². The topological polar surface area (TPSA) is 59.3 Å². The number of hydrogen-bond acceptors (Lipinski definition) is 4. The van der Waals surface area contributed by atoms with Gasteiger partial charge < -0.3 is 15.2 Å². The molecular formula is C10H17N3O2. The molecule has 2 unspecified atom stereocenters. The van der Waals surface area contributed by atoms with E-state index in [4.69, 9.17) is 4.74 Å². The van der Waals surface area contributed by atoms with Gasteiger partial charge in [0.2, 0.25) is 0 Å². The maximum Gasteiger partial charge on any atom is 0.0948 e. The maximum absolute atomic E-state index is 9.49. The Morgan fingerprint density at radius 3 is 3.13 bits per heavy atom. The lowest BCUT2D eigenvalue weighted by Crippen LogP contribution is -2.39. The summed E-state index contributed by atoms with van der Waals surface area (Å²) in [6, 6.07) is 0.0849. The van der Waals surface area contributed by atoms with Gasteiger partial charge in [0, 0.05) is 13.2 Å². The SMILES string of the molecule is Cn1cc(CCNC2COCC2O)cn1. The Kier molecular flexibility index (Phi) is 3.35. The number of rotatable bonds is 4. The Balaban J connectivity index is 1.70. The largest absolute Gasteiger partial charge is 0.389 e. The van der Waals surface area contributed by atoms with Gasteiger partial charge in [-0.15, -0.1) is 0 Å². The predicted octanol–water partition coefficient (Wildman–Crippen LogP) is -0.688. The van der Waals surface area contributed by atoms with Crippen LogP contribution in [-0.4, -0.2) is 46.8 Å². The summed E-state index contributed by atoms with van der Waals surface area (Å²) >= 11 is 0. The summed E-state index contributed by atoms with van der Waals surface area (Å²) in [5.74, 6) is 0. The van der Waals surface area contributed by atoms with Crippen LogP contribution in [0.1, 0.15) is 5.56 Å². The van der Waals surface area contributed by atoms with E-state index in [1.54, 1.807) is 4.68 Å². The number of aromatic nitrogens is 2. The van der Waals surface area contributed by atoms with Crippen LogP contribution in [0.3, 0.4) is 0 Å². The van der Waals surface area contributed by atoms with Crippen LogP contribution in [0.2, 0.25) is 0 Å². The van der Waals surface area contributed by atoms with E-state index in [2.05, 4.69) is 10.4 Å². The van der Waals surface area contributed by atoms with Gasteiger partial charge in [-0.1, -0.05) is 0 Å². The zero-order valence-corrected chi connectivity index (χ0v) is 8.89. The third-order valence-corrected chi connectivity index (χ3v) is 2.63. The van der Waals surface area contributed by atoms with Crippen molar-refractivity contribution in [3.05, 3.63) is 18.0 Å². The van der Waals surface area contributed by atoms with Crippen LogP contribution in [0.5, 0.6) is 0 Å². The van der Waals surface area contributed by atoms with Crippen LogP contribution in [0, 0.1) is 0 Å². The van der Waals surface area contributed by atoms with Crippen LogP contribution in [-0.2, 0) is 18.2 Å². The first-order chi connectivity index (χ1) is 7.25. The minimum atomic E-state index is -0.362. The van der Waals surface area contributed by atoms with Crippen molar-refractivity contribution in [2.75, 3.05) is 19.8 Å². The predicted molar refractivity (Wildman–Crippen MR) is 55.5 cm³/mol. The van der Waals surface area contributed by atoms with E-state index >= 15 is 0 Å². The van der Waals surface area contributed by atoms with E-state index in [-0.39, 0.29) is 12.1 Å². The minimum Gasteiger partial charge on any atom is -0.389 e. The second-order valence-corrected chi connectivity index (χ2v) is 3.94. The zero-order valence-electron chi connectivity index (χ0n) is 8.89. The van der Waals surface area contributed by atoms with E-state index in [1.165, 1.54) is 5.56 Å². The van der Waals surface area contributed by atoms with E-state index in [0.29, 0.717) is 13.2 Å². The lowest BCUT2D eigenvalue weighted by Gasteiger charge is -2.13. The van der Waals surface area contributed by atoms with E-state index in [1.807, 2.05) is 19.4 Å². The highest BCUT2D eigenvalue weighted by molar-refractivity contribution is 5.04. The normalized spacial score (nSPS) is 26.0. The number of nitrogens with one attached hydrogen (secondary N) is 1. The highest BCUT2D eigenvalue weighted by Crippen LogP contribution is 2.05. The van der Waals surface area contributed by atoms with Gasteiger partial charge in [-0.05, 0) is 18.5 Å². The van der Waals surface area contributed by atoms with Crippen molar-refractivity contribution in [1.29, 1.82) is 0 Å². The Morgan fingerprint density at radius 1 is 1.67 bits per heavy atom. The summed E-state index contributed by atoms with van der Waals surface area (Å²) in [6.07, 6.45) is 4.43. The fraction of sp³-hybridized carbons (Fsp3) is 0.700. The molecule has 15 heavy (non-hydrogen) atoms. The number of ether oxygens (including phenoxy) is 1. The molecular weight excluding hydrogens is 194 g/mol. The molecule has 0 aliphatic carbocycles. The van der Waals surface area contributed by atoms with Crippen molar-refractivity contribution in [1.82, 2.24) is 15.1 Å². The second-order valence-electron chi connectivity index (χ2n) is 3.94. The molecule has 5 heteroatoms. The molecule has 2 N–H and O–H groups in total. The summed E-state index contributed by atoms with van der Waals surface area (Å²) in [4.78, 5) is 0. The van der Waals surface area contributed by atoms with Gasteiger partial charge >= 0.3 is 0 Å². The number of aliphatic hydroxyl groups is 1. The summed E-state index contributed by atoms with van der Waals surface area (Å²) < 4.78 is 6.94. The molecule has 0 amide bonds. The van der Waals surface area contributed by atoms with Crippen LogP contribution in [0.15, 0.2) is 12.4 Å². The van der Waals surface area contributed by atoms with Crippen molar-refractivity contribution in [3.8, 4) is 0 Å². The lowest BCUT2D eigenvalue weighted by molar-refractivity contribution is 0.122. The third-order valence-electron chi connectivity index (χ3n) is 2.63. The molecule has 0 bridgehead atoms. The Bertz CT molecular complexity index is 313. The van der Waals surface area contributed by atoms with Gasteiger partial charge in [0.15, 0.2) is 0 Å². The lowest BCUT2D eigenvalue weighted by atomic mass is 10.2. The fourth-order valence-corrected chi connectivity index (χ4v) is 1.74. The zero-order chi connectivity index (χ0) is 10.7. The molecule has 1 aromatic heterocycles. The maximum atomic E-state index is 9.49. The summed E-state index contributed by atoms with van der Waals surface area (Å²) in [5, 5.41) is 16.9. The van der Waals surface area contributed by atoms with Crippen molar-refractivity contribution in [2.45, 2.75) is 18.6 Å². The molecule has 2 rings (SSSR count). The average molecular weight is 211 g/mol. The summed E-state index contributed by atoms with van der Waals surface area (Å²) in [5.41, 5.74) is 1.21. The van der Waals surface area contributed by atoms with Gasteiger partial charge in [-0.2, -0.15) is 5.10 Å². The highest BCUT2D eigenvalue weighted by Gasteiger charge is 2.24. The smallest absolute Gasteiger partial charge is 0.0948 e. The number of hydrogen-bond donors (Lipinski definition) is 2. The molecule has 1 aliphatic rings. The molecule has 1 saturated heterocycles. The molecule has 5 nitrogen and oxygen atoms in total. The quantitative estimate of drug-likeness (QED) is 0.692. The first-order valence-electron chi connectivity index (χ1n) is 5.22. The minimum absolute atomic E-state index is 0.0849. The van der Waals surface area contributed by atoms with Gasteiger partial charge in [-0.3, -0.25) is 4.68 Å². The monoisotopic (exact) mass is 211 g/mol. The molecule has 1 aliphatic heterocycles. The van der Waals surface area contributed by atoms with Gasteiger partial charge in [-0.25, -0.2) is 0 Å². The first-order valence-corrected chi connectivity index (χ1v) is 5.22. The summed E-state index contributed by atoms with van der Waals surface area (Å²) in [6.45, 7) is 1.90. The van der Waals surface area contributed by atoms with Crippen molar-refractivity contribution in [3.63, 3.8) is 0 Å². The van der Waals surface area contributed by atoms with E-state index in [0.717, 1.165) is 13.0 Å². The van der Waals surface area contributed by atoms with Gasteiger partial charge in [0.1, 0.15) is 0 Å². The van der Waals surface area contributed by atoms with Gasteiger partial charge in [0.05, 0.1) is 31.6 Å². The number of nitrogens with zero attached hydrogens (tertiary/aromatic N) is 2. The van der Waals surface area contributed by atoms with Crippen molar-refractivity contribution < 1.29 is 9.84 Å². The highest BCUT2D eigenvalue weighted by atomic mass is 16.5. The standard InChI is InChI=1S/C10H17N3O2/c1-13-5-8(4-12-13)2-3-11-9-6-15-7-10(9)14/h4-5,9-11,14H,2-3,6-7H2,1H3. The Labute approximate surface area is 89.0 Å². The van der Waals surface area contributed by atoms with Crippen LogP contribution >= 0.6 is 0 Å². The average Bonchev–Trinajstić information content (AvgIpc) is 2.77. The van der Waals surface area contributed by atoms with Gasteiger partial charge in [0.25, 0.3) is 0 Å². The number of aryl methyl sites for hydroxylation is 1. The Morgan fingerprint density at radius 2 is 2.53 bits per heavy atom. The molecule has 0 aromatic carbocycles. The van der Waals surface area contributed by atoms with Crippen LogP contribution < -0.4 is 5.32 Å². The van der Waals surface area contributed by atoms with Crippen LogP contribution in [0.4, 0.5) is 0 Å². The molecule has 2 heterocycles. The molecule has 1 fully saturated rings. The summed E-state index contributed by atoms with van der Waals surface area (Å²) in [7, 11) is 1.91. The third kappa shape index (κ3) is 2.77. The molecule has 0 spiro atoms. The molecule has 2 atom stereocenters.